The number of esters is 2. The number of hydrogen-bond donors (Lipinski definition) is 0. The lowest BCUT2D eigenvalue weighted by Crippen LogP contribution is -2.65. The van der Waals surface area contributed by atoms with Crippen LogP contribution in [0.1, 0.15) is 46.5 Å². The Morgan fingerprint density at radius 2 is 1.89 bits per heavy atom. The normalized spacial score (nSPS) is 29.9. The highest BCUT2D eigenvalue weighted by molar-refractivity contribution is 8.01. The van der Waals surface area contributed by atoms with E-state index in [9.17, 15) is 14.4 Å². The Morgan fingerprint density at radius 1 is 1.22 bits per heavy atom. The number of amides is 1. The first-order valence-corrected chi connectivity index (χ1v) is 10.3. The molecule has 3 aliphatic heterocycles. The summed E-state index contributed by atoms with van der Waals surface area (Å²) >= 11 is 1.56. The number of hydrogen-bond acceptors (Lipinski definition) is 7. The van der Waals surface area contributed by atoms with Gasteiger partial charge >= 0.3 is 11.9 Å². The number of rotatable bonds is 5. The van der Waals surface area contributed by atoms with Crippen LogP contribution in [0.5, 0.6) is 0 Å². The Hall–Kier alpha value is -1.77. The third kappa shape index (κ3) is 4.23. The Kier molecular flexibility index (Phi) is 5.98. The number of likely N-dealkylation sites (tertiary alicyclic amines) is 1. The van der Waals surface area contributed by atoms with E-state index in [0.29, 0.717) is 0 Å². The van der Waals surface area contributed by atoms with Crippen molar-refractivity contribution in [3.05, 3.63) is 0 Å². The van der Waals surface area contributed by atoms with Gasteiger partial charge in [-0.2, -0.15) is 0 Å². The van der Waals surface area contributed by atoms with E-state index in [-0.39, 0.29) is 11.3 Å². The third-order valence-electron chi connectivity index (χ3n) is 5.13. The highest BCUT2D eigenvalue weighted by Gasteiger charge is 2.64. The maximum atomic E-state index is 12.7. The summed E-state index contributed by atoms with van der Waals surface area (Å²) in [5.74, 6) is -1.23. The minimum atomic E-state index is -0.708. The summed E-state index contributed by atoms with van der Waals surface area (Å²) in [6.07, 6.45) is 6.59. The minimum absolute atomic E-state index is 0.154. The molecule has 27 heavy (non-hydrogen) atoms. The topological polar surface area (TPSA) is 88.5 Å². The van der Waals surface area contributed by atoms with E-state index < -0.39 is 35.6 Å². The van der Waals surface area contributed by atoms with E-state index in [2.05, 4.69) is 14.6 Å². The third-order valence-corrected chi connectivity index (χ3v) is 6.69. The van der Waals surface area contributed by atoms with Crippen LogP contribution in [0.3, 0.4) is 0 Å². The highest BCUT2D eigenvalue weighted by atomic mass is 32.2. The molecule has 0 spiro atoms. The van der Waals surface area contributed by atoms with Gasteiger partial charge in [0.2, 0.25) is 6.79 Å². The molecule has 0 saturated carbocycles. The van der Waals surface area contributed by atoms with Gasteiger partial charge in [0, 0.05) is 24.8 Å². The lowest BCUT2D eigenvalue weighted by Gasteiger charge is -2.41. The standard InChI is InChI=1S/C18H27N3O5S/c1-12(22)25-11-26-17(24)14-18(2,3)27-16-13(15(23)21(14)16)19-10-20-8-6-4-5-7-9-20/h10,13-14,16H,4-9,11H2,1-3H3/t13?,14-,16+/m0/s1. The lowest BCUT2D eigenvalue weighted by molar-refractivity contribution is -0.175. The van der Waals surface area contributed by atoms with Gasteiger partial charge in [0.15, 0.2) is 6.04 Å². The van der Waals surface area contributed by atoms with Crippen LogP contribution >= 0.6 is 11.8 Å². The maximum Gasteiger partial charge on any atom is 0.333 e. The zero-order chi connectivity index (χ0) is 19.6. The molecular formula is C18H27N3O5S. The molecule has 0 aromatic carbocycles. The maximum absolute atomic E-state index is 12.7. The van der Waals surface area contributed by atoms with Gasteiger partial charge in [0.25, 0.3) is 5.91 Å². The molecule has 9 heteroatoms. The van der Waals surface area contributed by atoms with Crippen LogP contribution < -0.4 is 0 Å². The first-order chi connectivity index (χ1) is 12.8. The SMILES string of the molecule is CC(=O)OCOC(=O)[C@@H]1N2C(=O)C(N=CN3CCCCCC3)[C@H]2SC1(C)C. The summed E-state index contributed by atoms with van der Waals surface area (Å²) in [7, 11) is 0. The molecule has 3 atom stereocenters. The molecule has 0 N–H and O–H groups in total. The predicted molar refractivity (Wildman–Crippen MR) is 101 cm³/mol. The van der Waals surface area contributed by atoms with Crippen LogP contribution in [0.2, 0.25) is 0 Å². The van der Waals surface area contributed by atoms with Gasteiger partial charge in [-0.25, -0.2) is 4.79 Å². The van der Waals surface area contributed by atoms with Crippen LogP contribution in [0.15, 0.2) is 4.99 Å². The average molecular weight is 397 g/mol. The summed E-state index contributed by atoms with van der Waals surface area (Å²) in [5.41, 5.74) is 0. The van der Waals surface area contributed by atoms with Gasteiger partial charge < -0.3 is 19.3 Å². The van der Waals surface area contributed by atoms with E-state index >= 15 is 0 Å². The Bertz CT molecular complexity index is 630. The fourth-order valence-corrected chi connectivity index (χ4v) is 5.35. The van der Waals surface area contributed by atoms with Crippen molar-refractivity contribution in [3.8, 4) is 0 Å². The summed E-state index contributed by atoms with van der Waals surface area (Å²) in [6.45, 7) is 6.58. The summed E-state index contributed by atoms with van der Waals surface area (Å²) < 4.78 is 9.21. The molecule has 0 aromatic heterocycles. The summed E-state index contributed by atoms with van der Waals surface area (Å²) in [6, 6.07) is -1.16. The number of thioether (sulfide) groups is 1. The van der Waals surface area contributed by atoms with Crippen LogP contribution in [-0.2, 0) is 23.9 Å². The van der Waals surface area contributed by atoms with E-state index in [1.54, 1.807) is 16.7 Å². The van der Waals surface area contributed by atoms with Crippen molar-refractivity contribution in [2.24, 2.45) is 4.99 Å². The molecule has 0 radical (unpaired) electrons. The first kappa shape index (κ1) is 20.0. The van der Waals surface area contributed by atoms with Crippen LogP contribution in [-0.4, -0.2) is 76.1 Å². The largest absolute Gasteiger partial charge is 0.428 e. The average Bonchev–Trinajstić information content (AvgIpc) is 2.74. The molecule has 1 unspecified atom stereocenters. The van der Waals surface area contributed by atoms with Crippen LogP contribution in [0, 0.1) is 0 Å². The molecule has 1 amide bonds. The van der Waals surface area contributed by atoms with E-state index in [1.807, 2.05) is 20.2 Å². The van der Waals surface area contributed by atoms with E-state index in [1.165, 1.54) is 19.8 Å². The Balaban J connectivity index is 1.62. The van der Waals surface area contributed by atoms with E-state index in [4.69, 9.17) is 4.74 Å². The Labute approximate surface area is 163 Å². The van der Waals surface area contributed by atoms with Crippen LogP contribution in [0.4, 0.5) is 0 Å². The number of ether oxygens (including phenoxy) is 2. The molecular weight excluding hydrogens is 370 g/mol. The van der Waals surface area contributed by atoms with Gasteiger partial charge in [-0.3, -0.25) is 14.6 Å². The quantitative estimate of drug-likeness (QED) is 0.228. The highest BCUT2D eigenvalue weighted by Crippen LogP contribution is 2.51. The molecule has 3 rings (SSSR count). The second-order valence-electron chi connectivity index (χ2n) is 7.64. The molecule has 0 bridgehead atoms. The molecule has 3 aliphatic rings. The molecule has 0 aromatic rings. The second-order valence-corrected chi connectivity index (χ2v) is 9.41. The number of fused-ring (bicyclic) bond motifs is 1. The van der Waals surface area contributed by atoms with Gasteiger partial charge in [-0.15, -0.1) is 11.8 Å². The van der Waals surface area contributed by atoms with Crippen LogP contribution in [0.25, 0.3) is 0 Å². The second kappa shape index (κ2) is 8.08. The summed E-state index contributed by atoms with van der Waals surface area (Å²) in [4.78, 5) is 44.2. The van der Waals surface area contributed by atoms with Crippen molar-refractivity contribution < 1.29 is 23.9 Å². The fraction of sp³-hybridized carbons (Fsp3) is 0.778. The summed E-state index contributed by atoms with van der Waals surface area (Å²) in [5, 5.41) is -0.165. The smallest absolute Gasteiger partial charge is 0.333 e. The number of aliphatic imine (C=N–C) groups is 1. The van der Waals surface area contributed by atoms with Crippen molar-refractivity contribution in [2.45, 2.75) is 68.7 Å². The van der Waals surface area contributed by atoms with Crippen molar-refractivity contribution in [1.29, 1.82) is 0 Å². The van der Waals surface area contributed by atoms with Crippen molar-refractivity contribution >= 4 is 35.9 Å². The zero-order valence-corrected chi connectivity index (χ0v) is 16.9. The van der Waals surface area contributed by atoms with Crippen molar-refractivity contribution in [3.63, 3.8) is 0 Å². The minimum Gasteiger partial charge on any atom is -0.428 e. The molecule has 8 nitrogen and oxygen atoms in total. The fourth-order valence-electron chi connectivity index (χ4n) is 3.74. The monoisotopic (exact) mass is 397 g/mol. The lowest BCUT2D eigenvalue weighted by atomic mass is 9.96. The molecule has 3 heterocycles. The molecule has 0 aliphatic carbocycles. The number of carbonyl (C=O) groups is 3. The number of β-lactam (4-membered cyclic amide) rings is 1. The Morgan fingerprint density at radius 3 is 2.52 bits per heavy atom. The van der Waals surface area contributed by atoms with Gasteiger partial charge in [0.05, 0.1) is 6.34 Å². The van der Waals surface area contributed by atoms with Crippen molar-refractivity contribution in [2.75, 3.05) is 19.9 Å². The first-order valence-electron chi connectivity index (χ1n) is 9.38. The predicted octanol–water partition coefficient (Wildman–Crippen LogP) is 1.39. The number of carbonyl (C=O) groups excluding carboxylic acids is 3. The number of nitrogens with zero attached hydrogens (tertiary/aromatic N) is 3. The van der Waals surface area contributed by atoms with Crippen molar-refractivity contribution in [1.82, 2.24) is 9.80 Å². The zero-order valence-electron chi connectivity index (χ0n) is 16.1. The van der Waals surface area contributed by atoms with Gasteiger partial charge in [0.1, 0.15) is 11.4 Å². The molecule has 150 valence electrons. The molecule has 3 saturated heterocycles. The molecule has 3 fully saturated rings. The van der Waals surface area contributed by atoms with E-state index in [0.717, 1.165) is 25.9 Å². The van der Waals surface area contributed by atoms with Gasteiger partial charge in [-0.05, 0) is 26.7 Å². The van der Waals surface area contributed by atoms with Gasteiger partial charge in [-0.1, -0.05) is 12.8 Å².